The average Bonchev–Trinajstić information content (AvgIpc) is 3.26. The molecule has 32 heavy (non-hydrogen) atoms. The molecule has 0 aliphatic rings. The molecule has 0 aliphatic carbocycles. The van der Waals surface area contributed by atoms with Crippen LogP contribution in [0.2, 0.25) is 0 Å². The van der Waals surface area contributed by atoms with E-state index in [1.165, 1.54) is 12.1 Å². The number of aromatic nitrogens is 5. The molecule has 8 nitrogen and oxygen atoms in total. The SMILES string of the molecule is CCOCn1nnc(-c2ccc(F)cc2)c1-c1ccnc(N(C)c2ccc(OC)cc2)n1. The van der Waals surface area contributed by atoms with E-state index in [1.54, 1.807) is 36.2 Å². The minimum Gasteiger partial charge on any atom is -0.497 e. The highest BCUT2D eigenvalue weighted by Gasteiger charge is 2.20. The molecule has 4 aromatic rings. The van der Waals surface area contributed by atoms with Gasteiger partial charge in [0, 0.05) is 31.1 Å². The summed E-state index contributed by atoms with van der Waals surface area (Å²) >= 11 is 0. The fourth-order valence-electron chi connectivity index (χ4n) is 3.20. The number of anilines is 2. The van der Waals surface area contributed by atoms with Crippen LogP contribution in [-0.4, -0.2) is 45.7 Å². The van der Waals surface area contributed by atoms with Crippen molar-refractivity contribution in [1.82, 2.24) is 25.0 Å². The lowest BCUT2D eigenvalue weighted by molar-refractivity contribution is 0.0790. The van der Waals surface area contributed by atoms with Crippen molar-refractivity contribution >= 4 is 11.6 Å². The number of ether oxygens (including phenoxy) is 2. The Morgan fingerprint density at radius 1 is 1.03 bits per heavy atom. The zero-order valence-electron chi connectivity index (χ0n) is 18.1. The van der Waals surface area contributed by atoms with Gasteiger partial charge in [-0.05, 0) is 61.5 Å². The van der Waals surface area contributed by atoms with Gasteiger partial charge in [-0.2, -0.15) is 0 Å². The Bertz CT molecular complexity index is 1180. The molecule has 0 N–H and O–H groups in total. The lowest BCUT2D eigenvalue weighted by Gasteiger charge is -2.18. The third-order valence-electron chi connectivity index (χ3n) is 4.92. The van der Waals surface area contributed by atoms with Crippen LogP contribution in [0.4, 0.5) is 16.0 Å². The normalized spacial score (nSPS) is 10.9. The Kier molecular flexibility index (Phi) is 6.37. The van der Waals surface area contributed by atoms with Crippen LogP contribution in [0.3, 0.4) is 0 Å². The summed E-state index contributed by atoms with van der Waals surface area (Å²) in [4.78, 5) is 11.1. The van der Waals surface area contributed by atoms with Crippen LogP contribution >= 0.6 is 0 Å². The average molecular weight is 434 g/mol. The number of methoxy groups -OCH3 is 1. The van der Waals surface area contributed by atoms with Crippen molar-refractivity contribution in [3.05, 3.63) is 66.6 Å². The van der Waals surface area contributed by atoms with Gasteiger partial charge in [0.15, 0.2) is 0 Å². The number of rotatable bonds is 8. The van der Waals surface area contributed by atoms with Crippen LogP contribution in [0.5, 0.6) is 5.75 Å². The van der Waals surface area contributed by atoms with Gasteiger partial charge in [-0.25, -0.2) is 19.0 Å². The predicted molar refractivity (Wildman–Crippen MR) is 119 cm³/mol. The Labute approximate surface area is 185 Å². The fourth-order valence-corrected chi connectivity index (χ4v) is 3.20. The summed E-state index contributed by atoms with van der Waals surface area (Å²) in [5, 5.41) is 8.56. The lowest BCUT2D eigenvalue weighted by atomic mass is 10.1. The first-order valence-corrected chi connectivity index (χ1v) is 10.1. The van der Waals surface area contributed by atoms with Crippen molar-refractivity contribution in [3.63, 3.8) is 0 Å². The maximum Gasteiger partial charge on any atom is 0.230 e. The van der Waals surface area contributed by atoms with E-state index in [9.17, 15) is 4.39 Å². The summed E-state index contributed by atoms with van der Waals surface area (Å²) in [6.45, 7) is 2.65. The van der Waals surface area contributed by atoms with E-state index in [1.807, 2.05) is 43.1 Å². The van der Waals surface area contributed by atoms with Gasteiger partial charge < -0.3 is 14.4 Å². The molecule has 0 radical (unpaired) electrons. The maximum atomic E-state index is 13.5. The summed E-state index contributed by atoms with van der Waals surface area (Å²) in [5.74, 6) is 0.955. The van der Waals surface area contributed by atoms with Gasteiger partial charge in [0.2, 0.25) is 5.95 Å². The highest BCUT2D eigenvalue weighted by Crippen LogP contribution is 2.31. The molecule has 4 rings (SSSR count). The van der Waals surface area contributed by atoms with Gasteiger partial charge in [0.05, 0.1) is 12.8 Å². The van der Waals surface area contributed by atoms with E-state index in [2.05, 4.69) is 15.3 Å². The summed E-state index contributed by atoms with van der Waals surface area (Å²) in [6, 6.07) is 15.5. The molecule has 0 amide bonds. The third kappa shape index (κ3) is 4.42. The van der Waals surface area contributed by atoms with Crippen LogP contribution in [0.1, 0.15) is 6.92 Å². The smallest absolute Gasteiger partial charge is 0.230 e. The lowest BCUT2D eigenvalue weighted by Crippen LogP contribution is -2.14. The van der Waals surface area contributed by atoms with Crippen LogP contribution in [0.25, 0.3) is 22.6 Å². The van der Waals surface area contributed by atoms with E-state index < -0.39 is 0 Å². The second kappa shape index (κ2) is 9.52. The first kappa shape index (κ1) is 21.4. The van der Waals surface area contributed by atoms with Crippen LogP contribution in [-0.2, 0) is 11.5 Å². The maximum absolute atomic E-state index is 13.5. The molecule has 0 bridgehead atoms. The third-order valence-corrected chi connectivity index (χ3v) is 4.92. The molecule has 9 heteroatoms. The van der Waals surface area contributed by atoms with Gasteiger partial charge in [0.1, 0.15) is 29.7 Å². The zero-order valence-corrected chi connectivity index (χ0v) is 18.1. The van der Waals surface area contributed by atoms with Crippen LogP contribution in [0, 0.1) is 5.82 Å². The number of nitrogens with zero attached hydrogens (tertiary/aromatic N) is 6. The van der Waals surface area contributed by atoms with Crippen molar-refractivity contribution < 1.29 is 13.9 Å². The quantitative estimate of drug-likeness (QED) is 0.409. The van der Waals surface area contributed by atoms with E-state index in [0.29, 0.717) is 29.6 Å². The molecule has 2 aromatic carbocycles. The van der Waals surface area contributed by atoms with Crippen LogP contribution in [0.15, 0.2) is 60.8 Å². The number of halogens is 1. The molecule has 0 saturated heterocycles. The summed E-state index contributed by atoms with van der Waals surface area (Å²) < 4.78 is 25.9. The monoisotopic (exact) mass is 434 g/mol. The Morgan fingerprint density at radius 3 is 2.47 bits per heavy atom. The Morgan fingerprint density at radius 2 is 1.78 bits per heavy atom. The predicted octanol–water partition coefficient (Wildman–Crippen LogP) is 4.31. The summed E-state index contributed by atoms with van der Waals surface area (Å²) in [6.07, 6.45) is 1.68. The first-order valence-electron chi connectivity index (χ1n) is 10.1. The Balaban J connectivity index is 1.75. The fraction of sp³-hybridized carbons (Fsp3) is 0.217. The van der Waals surface area contributed by atoms with Crippen LogP contribution < -0.4 is 9.64 Å². The molecule has 164 valence electrons. The number of hydrogen-bond donors (Lipinski definition) is 0. The van der Waals surface area contributed by atoms with Crippen molar-refractivity contribution in [2.45, 2.75) is 13.7 Å². The zero-order chi connectivity index (χ0) is 22.5. The number of benzene rings is 2. The minimum absolute atomic E-state index is 0.216. The van der Waals surface area contributed by atoms with E-state index in [-0.39, 0.29) is 12.5 Å². The minimum atomic E-state index is -0.317. The molecule has 0 spiro atoms. The van der Waals surface area contributed by atoms with Gasteiger partial charge >= 0.3 is 0 Å². The molecule has 2 aromatic heterocycles. The van der Waals surface area contributed by atoms with E-state index in [4.69, 9.17) is 14.5 Å². The largest absolute Gasteiger partial charge is 0.497 e. The van der Waals surface area contributed by atoms with Crippen molar-refractivity contribution in [2.24, 2.45) is 0 Å². The van der Waals surface area contributed by atoms with E-state index in [0.717, 1.165) is 17.0 Å². The highest BCUT2D eigenvalue weighted by molar-refractivity contribution is 5.76. The molecule has 0 fully saturated rings. The molecule has 0 saturated carbocycles. The van der Waals surface area contributed by atoms with Gasteiger partial charge in [0.25, 0.3) is 0 Å². The molecular weight excluding hydrogens is 411 g/mol. The summed E-state index contributed by atoms with van der Waals surface area (Å²) in [7, 11) is 3.51. The van der Waals surface area contributed by atoms with Crippen molar-refractivity contribution in [1.29, 1.82) is 0 Å². The topological polar surface area (TPSA) is 78.2 Å². The van der Waals surface area contributed by atoms with Gasteiger partial charge in [-0.15, -0.1) is 5.10 Å². The Hall–Kier alpha value is -3.85. The van der Waals surface area contributed by atoms with Gasteiger partial charge in [-0.3, -0.25) is 0 Å². The first-order chi connectivity index (χ1) is 15.6. The van der Waals surface area contributed by atoms with Crippen molar-refractivity contribution in [3.8, 4) is 28.4 Å². The second-order valence-electron chi connectivity index (χ2n) is 6.91. The molecule has 0 atom stereocenters. The second-order valence-corrected chi connectivity index (χ2v) is 6.91. The van der Waals surface area contributed by atoms with E-state index >= 15 is 0 Å². The molecule has 0 aliphatic heterocycles. The van der Waals surface area contributed by atoms with Crippen molar-refractivity contribution in [2.75, 3.05) is 25.7 Å². The molecular formula is C23H23FN6O2. The van der Waals surface area contributed by atoms with Gasteiger partial charge in [-0.1, -0.05) is 5.21 Å². The molecule has 2 heterocycles. The summed E-state index contributed by atoms with van der Waals surface area (Å²) in [5.41, 5.74) is 3.51. The molecule has 0 unspecified atom stereocenters. The standard InChI is InChI=1S/C23H23FN6O2/c1-4-32-15-30-22(21(27-28-30)16-5-7-17(24)8-6-16)20-13-14-25-23(26-20)29(2)18-9-11-19(31-3)12-10-18/h5-14H,4,15H2,1-3H3. The highest BCUT2D eigenvalue weighted by atomic mass is 19.1. The number of hydrogen-bond acceptors (Lipinski definition) is 7.